The van der Waals surface area contributed by atoms with Crippen molar-refractivity contribution in [2.45, 2.75) is 55.6 Å². The van der Waals surface area contributed by atoms with Crippen LogP contribution in [0.5, 0.6) is 0 Å². The first-order chi connectivity index (χ1) is 7.86. The van der Waals surface area contributed by atoms with E-state index >= 15 is 0 Å². The van der Waals surface area contributed by atoms with Crippen LogP contribution in [0.4, 0.5) is 0 Å². The summed E-state index contributed by atoms with van der Waals surface area (Å²) < 4.78 is 27.9. The summed E-state index contributed by atoms with van der Waals surface area (Å²) in [5.41, 5.74) is -0.700. The van der Waals surface area contributed by atoms with Crippen molar-refractivity contribution in [2.24, 2.45) is 0 Å². The van der Waals surface area contributed by atoms with Crippen LogP contribution in [-0.4, -0.2) is 15.6 Å². The number of phosphoric acid groups is 1. The molecule has 0 spiro atoms. The third-order valence-corrected chi connectivity index (χ3v) is 6.00. The van der Waals surface area contributed by atoms with Crippen LogP contribution in [0.3, 0.4) is 0 Å². The lowest BCUT2D eigenvalue weighted by Gasteiger charge is -2.23. The lowest BCUT2D eigenvalue weighted by atomic mass is 10.5. The predicted octanol–water partition coefficient (Wildman–Crippen LogP) is 5.38. The number of alkyl halides is 3. The molecule has 3 unspecified atom stereocenters. The normalized spacial score (nSPS) is 20.6. The van der Waals surface area contributed by atoms with Crippen LogP contribution in [0.25, 0.3) is 0 Å². The third kappa shape index (κ3) is 8.19. The Morgan fingerprint density at radius 3 is 1.71 bits per heavy atom. The van der Waals surface area contributed by atoms with E-state index in [-0.39, 0.29) is 0 Å². The van der Waals surface area contributed by atoms with Gasteiger partial charge in [-0.1, -0.05) is 64.2 Å². The zero-order valence-electron chi connectivity index (χ0n) is 10.1. The summed E-state index contributed by atoms with van der Waals surface area (Å²) in [5, 5.41) is -0.795. The van der Waals surface area contributed by atoms with E-state index in [1.807, 2.05) is 20.8 Å². The molecular weight excluding hydrogens is 398 g/mol. The Morgan fingerprint density at radius 1 is 1.00 bits per heavy atom. The average Bonchev–Trinajstić information content (AvgIpc) is 2.27. The lowest BCUT2D eigenvalue weighted by Crippen LogP contribution is -2.13. The lowest BCUT2D eigenvalue weighted by molar-refractivity contribution is 0.0891. The Labute approximate surface area is 125 Å². The molecule has 0 amide bonds. The maximum Gasteiger partial charge on any atom is 0.478 e. The van der Waals surface area contributed by atoms with E-state index in [2.05, 4.69) is 31.9 Å². The molecule has 0 aromatic rings. The molecule has 0 fully saturated rings. The zero-order valence-corrected chi connectivity index (χ0v) is 14.9. The molecule has 0 aromatic heterocycles. The Hall–Kier alpha value is 1.36. The fourth-order valence-electron chi connectivity index (χ4n) is 0.718. The SMILES string of the molecule is CCC(Cl)OP(=O)(OC(Br)CC)OC(Br)CC. The van der Waals surface area contributed by atoms with Crippen molar-refractivity contribution in [3.05, 3.63) is 0 Å². The second kappa shape index (κ2) is 9.29. The van der Waals surface area contributed by atoms with Crippen LogP contribution in [-0.2, 0) is 18.1 Å². The van der Waals surface area contributed by atoms with Crippen molar-refractivity contribution < 1.29 is 18.1 Å². The molecule has 0 aliphatic carbocycles. The molecule has 3 atom stereocenters. The van der Waals surface area contributed by atoms with Gasteiger partial charge in [0.25, 0.3) is 0 Å². The van der Waals surface area contributed by atoms with E-state index in [0.717, 1.165) is 0 Å². The van der Waals surface area contributed by atoms with E-state index in [1.54, 1.807) is 0 Å². The van der Waals surface area contributed by atoms with E-state index in [1.165, 1.54) is 0 Å². The highest BCUT2D eigenvalue weighted by atomic mass is 79.9. The van der Waals surface area contributed by atoms with E-state index in [0.29, 0.717) is 19.3 Å². The van der Waals surface area contributed by atoms with Crippen LogP contribution in [0.1, 0.15) is 40.0 Å². The van der Waals surface area contributed by atoms with Gasteiger partial charge in [0.2, 0.25) is 0 Å². The van der Waals surface area contributed by atoms with Gasteiger partial charge >= 0.3 is 7.82 Å². The minimum Gasteiger partial charge on any atom is -0.272 e. The maximum absolute atomic E-state index is 12.3. The monoisotopic (exact) mass is 414 g/mol. The molecule has 0 N–H and O–H groups in total. The molecule has 0 saturated heterocycles. The van der Waals surface area contributed by atoms with Crippen molar-refractivity contribution >= 4 is 51.3 Å². The third-order valence-electron chi connectivity index (χ3n) is 1.69. The van der Waals surface area contributed by atoms with E-state index in [4.69, 9.17) is 25.2 Å². The number of halogens is 3. The van der Waals surface area contributed by atoms with Gasteiger partial charge in [0.1, 0.15) is 15.6 Å². The van der Waals surface area contributed by atoms with Gasteiger partial charge in [0, 0.05) is 0 Å². The summed E-state index contributed by atoms with van der Waals surface area (Å²) in [6.45, 7) is 5.58. The number of hydrogen-bond acceptors (Lipinski definition) is 4. The van der Waals surface area contributed by atoms with Crippen LogP contribution in [0.2, 0.25) is 0 Å². The van der Waals surface area contributed by atoms with Crippen molar-refractivity contribution in [1.29, 1.82) is 0 Å². The van der Waals surface area contributed by atoms with Crippen molar-refractivity contribution in [2.75, 3.05) is 0 Å². The van der Waals surface area contributed by atoms with Crippen LogP contribution in [0, 0.1) is 0 Å². The molecule has 0 radical (unpaired) electrons. The standard InChI is InChI=1S/C9H18Br2ClO4P/c1-4-7(10)14-17(13,15-8(11)5-2)16-9(12)6-3/h7-9H,4-6H2,1-3H3. The Balaban J connectivity index is 4.62. The summed E-state index contributed by atoms with van der Waals surface area (Å²) in [6, 6.07) is 0. The topological polar surface area (TPSA) is 44.8 Å². The van der Waals surface area contributed by atoms with Gasteiger partial charge in [0.05, 0.1) is 0 Å². The van der Waals surface area contributed by atoms with Crippen molar-refractivity contribution in [3.8, 4) is 0 Å². The molecule has 104 valence electrons. The summed E-state index contributed by atoms with van der Waals surface area (Å²) in [4.78, 5) is 0. The summed E-state index contributed by atoms with van der Waals surface area (Å²) in [5.74, 6) is 0. The molecule has 0 heterocycles. The first-order valence-electron chi connectivity index (χ1n) is 5.44. The highest BCUT2D eigenvalue weighted by Crippen LogP contribution is 2.55. The quantitative estimate of drug-likeness (QED) is 0.374. The maximum atomic E-state index is 12.3. The Bertz CT molecular complexity index is 219. The fourth-order valence-corrected chi connectivity index (χ4v) is 3.68. The molecule has 0 rings (SSSR count). The molecule has 0 saturated carbocycles. The zero-order chi connectivity index (χ0) is 13.5. The van der Waals surface area contributed by atoms with Gasteiger partial charge in [-0.3, -0.25) is 13.6 Å². The summed E-state index contributed by atoms with van der Waals surface area (Å²) >= 11 is 12.3. The van der Waals surface area contributed by atoms with Gasteiger partial charge in [-0.2, -0.15) is 0 Å². The molecule has 0 bridgehead atoms. The molecule has 0 aliphatic rings. The Morgan fingerprint density at radius 2 is 1.41 bits per heavy atom. The van der Waals surface area contributed by atoms with Gasteiger partial charge in [0.15, 0.2) is 0 Å². The summed E-state index contributed by atoms with van der Waals surface area (Å²) in [7, 11) is -3.66. The van der Waals surface area contributed by atoms with Crippen molar-refractivity contribution in [3.63, 3.8) is 0 Å². The van der Waals surface area contributed by atoms with E-state index in [9.17, 15) is 4.57 Å². The smallest absolute Gasteiger partial charge is 0.272 e. The molecule has 0 aliphatic heterocycles. The van der Waals surface area contributed by atoms with Gasteiger partial charge in [-0.05, 0) is 19.3 Å². The van der Waals surface area contributed by atoms with Crippen LogP contribution >= 0.6 is 51.3 Å². The number of phosphoric ester groups is 1. The van der Waals surface area contributed by atoms with Crippen LogP contribution in [0.15, 0.2) is 0 Å². The number of hydrogen-bond donors (Lipinski definition) is 0. The van der Waals surface area contributed by atoms with Gasteiger partial charge in [-0.25, -0.2) is 4.57 Å². The number of rotatable bonds is 9. The highest BCUT2D eigenvalue weighted by molar-refractivity contribution is 9.09. The molecule has 17 heavy (non-hydrogen) atoms. The van der Waals surface area contributed by atoms with Gasteiger partial charge in [-0.15, -0.1) is 0 Å². The minimum atomic E-state index is -3.66. The first-order valence-corrected chi connectivity index (χ1v) is 9.17. The summed E-state index contributed by atoms with van der Waals surface area (Å²) in [6.07, 6.45) is 1.78. The largest absolute Gasteiger partial charge is 0.478 e. The second-order valence-corrected chi connectivity index (χ2v) is 7.27. The minimum absolute atomic E-state index is 0.398. The molecular formula is C9H18Br2ClO4P. The second-order valence-electron chi connectivity index (χ2n) is 3.22. The van der Waals surface area contributed by atoms with Crippen molar-refractivity contribution in [1.82, 2.24) is 0 Å². The van der Waals surface area contributed by atoms with E-state index < -0.39 is 23.4 Å². The highest BCUT2D eigenvalue weighted by Gasteiger charge is 2.34. The first kappa shape index (κ1) is 18.4. The molecule has 0 aromatic carbocycles. The predicted molar refractivity (Wildman–Crippen MR) is 76.8 cm³/mol. The van der Waals surface area contributed by atoms with Crippen LogP contribution < -0.4 is 0 Å². The Kier molecular flexibility index (Phi) is 10.0. The molecule has 8 heteroatoms. The average molecular weight is 416 g/mol. The van der Waals surface area contributed by atoms with Gasteiger partial charge < -0.3 is 0 Å². The molecule has 4 nitrogen and oxygen atoms in total. The fraction of sp³-hybridized carbons (Fsp3) is 1.00.